The first kappa shape index (κ1) is 10.0. The highest BCUT2D eigenvalue weighted by atomic mass is 16.5. The summed E-state index contributed by atoms with van der Waals surface area (Å²) in [5.41, 5.74) is 0. The van der Waals surface area contributed by atoms with Crippen LogP contribution in [0, 0.1) is 5.92 Å². The molecule has 1 fully saturated rings. The van der Waals surface area contributed by atoms with Gasteiger partial charge in [0.25, 0.3) is 0 Å². The van der Waals surface area contributed by atoms with Crippen LogP contribution in [0.4, 0.5) is 0 Å². The predicted octanol–water partition coefficient (Wildman–Crippen LogP) is 2.10. The average Bonchev–Trinajstić information content (AvgIpc) is 2.04. The average molecular weight is 171 g/mol. The van der Waals surface area contributed by atoms with E-state index in [-0.39, 0.29) is 0 Å². The molecule has 1 heterocycles. The second-order valence-electron chi connectivity index (χ2n) is 4.10. The molecule has 0 bridgehead atoms. The zero-order chi connectivity index (χ0) is 9.14. The van der Waals surface area contributed by atoms with E-state index < -0.39 is 0 Å². The van der Waals surface area contributed by atoms with Gasteiger partial charge in [-0.05, 0) is 32.2 Å². The van der Waals surface area contributed by atoms with E-state index in [0.29, 0.717) is 12.3 Å². The van der Waals surface area contributed by atoms with E-state index in [9.17, 15) is 0 Å². The maximum atomic E-state index is 5.41. The van der Waals surface area contributed by atoms with E-state index in [4.69, 9.17) is 4.74 Å². The number of ether oxygens (including phenoxy) is 1. The maximum Gasteiger partial charge on any atom is 0.110 e. The van der Waals surface area contributed by atoms with Crippen molar-refractivity contribution in [2.75, 3.05) is 14.2 Å². The van der Waals surface area contributed by atoms with E-state index in [1.807, 2.05) is 7.11 Å². The molecular formula is C10H21NO. The number of likely N-dealkylation sites (tertiary alicyclic amines) is 1. The molecule has 72 valence electrons. The molecule has 0 aromatic rings. The monoisotopic (exact) mass is 171 g/mol. The molecule has 12 heavy (non-hydrogen) atoms. The van der Waals surface area contributed by atoms with Crippen LogP contribution in [0.25, 0.3) is 0 Å². The Bertz CT molecular complexity index is 136. The molecule has 2 unspecified atom stereocenters. The largest absolute Gasteiger partial charge is 0.366 e. The quantitative estimate of drug-likeness (QED) is 0.631. The number of piperidine rings is 1. The second kappa shape index (κ2) is 4.24. The van der Waals surface area contributed by atoms with Gasteiger partial charge in [-0.1, -0.05) is 13.8 Å². The molecule has 0 aromatic heterocycles. The Balaban J connectivity index is 2.53. The summed E-state index contributed by atoms with van der Waals surface area (Å²) in [7, 11) is 3.99. The van der Waals surface area contributed by atoms with Crippen molar-refractivity contribution in [3.05, 3.63) is 0 Å². The third-order valence-corrected chi connectivity index (χ3v) is 2.97. The molecule has 1 rings (SSSR count). The van der Waals surface area contributed by atoms with Gasteiger partial charge in [0.05, 0.1) is 0 Å². The highest BCUT2D eigenvalue weighted by Gasteiger charge is 2.28. The van der Waals surface area contributed by atoms with E-state index >= 15 is 0 Å². The topological polar surface area (TPSA) is 12.5 Å². The van der Waals surface area contributed by atoms with Gasteiger partial charge < -0.3 is 4.74 Å². The van der Waals surface area contributed by atoms with Crippen molar-refractivity contribution >= 4 is 0 Å². The molecule has 0 N–H and O–H groups in total. The van der Waals surface area contributed by atoms with Crippen molar-refractivity contribution in [3.63, 3.8) is 0 Å². The van der Waals surface area contributed by atoms with Crippen LogP contribution < -0.4 is 0 Å². The minimum Gasteiger partial charge on any atom is -0.366 e. The lowest BCUT2D eigenvalue weighted by atomic mass is 9.92. The Morgan fingerprint density at radius 3 is 2.50 bits per heavy atom. The minimum absolute atomic E-state index is 0.353. The lowest BCUT2D eigenvalue weighted by molar-refractivity contribution is -0.0770. The summed E-state index contributed by atoms with van der Waals surface area (Å²) in [6.07, 6.45) is 4.18. The lowest BCUT2D eigenvalue weighted by Gasteiger charge is -2.40. The van der Waals surface area contributed by atoms with Crippen LogP contribution in [0.15, 0.2) is 0 Å². The van der Waals surface area contributed by atoms with Crippen molar-refractivity contribution in [3.8, 4) is 0 Å². The molecule has 1 aliphatic rings. The molecule has 0 spiro atoms. The molecule has 0 aliphatic carbocycles. The van der Waals surface area contributed by atoms with E-state index in [1.54, 1.807) is 0 Å². The van der Waals surface area contributed by atoms with Crippen molar-refractivity contribution in [1.82, 2.24) is 4.90 Å². The molecule has 0 radical (unpaired) electrons. The first-order valence-electron chi connectivity index (χ1n) is 4.91. The smallest absolute Gasteiger partial charge is 0.110 e. The molecule has 0 amide bonds. The van der Waals surface area contributed by atoms with Gasteiger partial charge in [0.2, 0.25) is 0 Å². The fourth-order valence-electron chi connectivity index (χ4n) is 2.21. The van der Waals surface area contributed by atoms with Gasteiger partial charge in [0.15, 0.2) is 0 Å². The predicted molar refractivity (Wildman–Crippen MR) is 51.0 cm³/mol. The molecular weight excluding hydrogens is 150 g/mol. The summed E-state index contributed by atoms with van der Waals surface area (Å²) in [4.78, 5) is 2.38. The summed E-state index contributed by atoms with van der Waals surface area (Å²) in [6.45, 7) is 4.58. The van der Waals surface area contributed by atoms with Crippen LogP contribution in [-0.4, -0.2) is 31.3 Å². The molecule has 1 aliphatic heterocycles. The summed E-state index contributed by atoms with van der Waals surface area (Å²) in [6, 6.07) is 0.712. The highest BCUT2D eigenvalue weighted by Crippen LogP contribution is 2.25. The van der Waals surface area contributed by atoms with Crippen LogP contribution in [0.3, 0.4) is 0 Å². The second-order valence-corrected chi connectivity index (χ2v) is 4.10. The minimum atomic E-state index is 0.353. The first-order valence-corrected chi connectivity index (χ1v) is 4.91. The summed E-state index contributed by atoms with van der Waals surface area (Å²) >= 11 is 0. The van der Waals surface area contributed by atoms with Gasteiger partial charge in [-0.2, -0.15) is 0 Å². The zero-order valence-electron chi connectivity index (χ0n) is 8.71. The van der Waals surface area contributed by atoms with Gasteiger partial charge >= 0.3 is 0 Å². The maximum absolute atomic E-state index is 5.41. The zero-order valence-corrected chi connectivity index (χ0v) is 8.71. The van der Waals surface area contributed by atoms with Crippen LogP contribution >= 0.6 is 0 Å². The van der Waals surface area contributed by atoms with Crippen molar-refractivity contribution in [2.24, 2.45) is 5.92 Å². The first-order chi connectivity index (χ1) is 5.66. The van der Waals surface area contributed by atoms with Crippen molar-refractivity contribution < 1.29 is 4.74 Å². The SMILES string of the molecule is COC1CCCC(C(C)C)N1C. The van der Waals surface area contributed by atoms with Gasteiger partial charge in [-0.3, -0.25) is 4.90 Å². The van der Waals surface area contributed by atoms with Crippen LogP contribution in [0.2, 0.25) is 0 Å². The van der Waals surface area contributed by atoms with Gasteiger partial charge in [0, 0.05) is 13.2 Å². The normalized spacial score (nSPS) is 32.8. The molecule has 2 atom stereocenters. The Morgan fingerprint density at radius 1 is 1.33 bits per heavy atom. The summed E-state index contributed by atoms with van der Waals surface area (Å²) in [5, 5.41) is 0. The Morgan fingerprint density at radius 2 is 2.00 bits per heavy atom. The molecule has 2 nitrogen and oxygen atoms in total. The number of rotatable bonds is 2. The van der Waals surface area contributed by atoms with E-state index in [0.717, 1.165) is 5.92 Å². The van der Waals surface area contributed by atoms with Gasteiger partial charge in [-0.15, -0.1) is 0 Å². The van der Waals surface area contributed by atoms with Gasteiger partial charge in [0.1, 0.15) is 6.23 Å². The number of hydrogen-bond donors (Lipinski definition) is 0. The third kappa shape index (κ3) is 1.99. The number of hydrogen-bond acceptors (Lipinski definition) is 2. The van der Waals surface area contributed by atoms with E-state index in [1.165, 1.54) is 19.3 Å². The Kier molecular flexibility index (Phi) is 3.53. The Hall–Kier alpha value is -0.0800. The van der Waals surface area contributed by atoms with Gasteiger partial charge in [-0.25, -0.2) is 0 Å². The number of methoxy groups -OCH3 is 1. The van der Waals surface area contributed by atoms with E-state index in [2.05, 4.69) is 25.8 Å². The molecule has 0 aromatic carbocycles. The number of nitrogens with zero attached hydrogens (tertiary/aromatic N) is 1. The summed E-state index contributed by atoms with van der Waals surface area (Å²) < 4.78 is 5.41. The molecule has 1 saturated heterocycles. The molecule has 0 saturated carbocycles. The fourth-order valence-corrected chi connectivity index (χ4v) is 2.21. The highest BCUT2D eigenvalue weighted by molar-refractivity contribution is 4.79. The fraction of sp³-hybridized carbons (Fsp3) is 1.00. The standard InChI is InChI=1S/C10H21NO/c1-8(2)9-6-5-7-10(12-4)11(9)3/h8-10H,5-7H2,1-4H3. The van der Waals surface area contributed by atoms with Crippen molar-refractivity contribution in [1.29, 1.82) is 0 Å². The Labute approximate surface area is 75.9 Å². The summed E-state index contributed by atoms with van der Waals surface area (Å²) in [5.74, 6) is 0.743. The molecule has 2 heteroatoms. The van der Waals surface area contributed by atoms with Crippen LogP contribution in [0.1, 0.15) is 33.1 Å². The lowest BCUT2D eigenvalue weighted by Crippen LogP contribution is -2.47. The van der Waals surface area contributed by atoms with Crippen LogP contribution in [-0.2, 0) is 4.74 Å². The van der Waals surface area contributed by atoms with Crippen LogP contribution in [0.5, 0.6) is 0 Å². The van der Waals surface area contributed by atoms with Crippen molar-refractivity contribution in [2.45, 2.75) is 45.4 Å². The third-order valence-electron chi connectivity index (χ3n) is 2.97.